The summed E-state index contributed by atoms with van der Waals surface area (Å²) in [4.78, 5) is 12.6. The molecule has 0 saturated carbocycles. The van der Waals surface area contributed by atoms with Crippen molar-refractivity contribution < 1.29 is 19.7 Å². The summed E-state index contributed by atoms with van der Waals surface area (Å²) in [6.45, 7) is 12.6. The van der Waals surface area contributed by atoms with Gasteiger partial charge < -0.3 is 14.9 Å². The third-order valence-corrected chi connectivity index (χ3v) is 4.53. The Bertz CT molecular complexity index is 568. The van der Waals surface area contributed by atoms with Gasteiger partial charge in [-0.05, 0) is 28.5 Å². The molecule has 0 saturated heterocycles. The van der Waals surface area contributed by atoms with E-state index in [2.05, 4.69) is 0 Å². The fraction of sp³-hybridized carbons (Fsp3) is 0.632. The van der Waals surface area contributed by atoms with Gasteiger partial charge in [-0.25, -0.2) is 4.79 Å². The van der Waals surface area contributed by atoms with Crippen molar-refractivity contribution in [1.29, 1.82) is 0 Å². The minimum absolute atomic E-state index is 0.125. The van der Waals surface area contributed by atoms with Crippen molar-refractivity contribution in [1.82, 2.24) is 0 Å². The maximum absolute atomic E-state index is 12.6. The van der Waals surface area contributed by atoms with E-state index in [9.17, 15) is 9.90 Å². The molecular formula is C19H30O4S. The predicted octanol–water partition coefficient (Wildman–Crippen LogP) is 3.87. The molecule has 5 heteroatoms. The van der Waals surface area contributed by atoms with Crippen LogP contribution in [0.15, 0.2) is 12.1 Å². The van der Waals surface area contributed by atoms with Crippen LogP contribution < -0.4 is 0 Å². The van der Waals surface area contributed by atoms with Crippen molar-refractivity contribution in [2.45, 2.75) is 52.4 Å². The largest absolute Gasteiger partial charge is 0.508 e. The minimum Gasteiger partial charge on any atom is -0.508 e. The van der Waals surface area contributed by atoms with Crippen molar-refractivity contribution in [3.05, 3.63) is 28.8 Å². The number of rotatable bonds is 6. The first-order valence-electron chi connectivity index (χ1n) is 8.22. The number of phenols is 1. The predicted molar refractivity (Wildman–Crippen MR) is 100 cm³/mol. The highest BCUT2D eigenvalue weighted by Crippen LogP contribution is 2.41. The second-order valence-corrected chi connectivity index (χ2v) is 9.08. The van der Waals surface area contributed by atoms with E-state index in [0.29, 0.717) is 23.7 Å². The number of aliphatic hydroxyl groups is 1. The van der Waals surface area contributed by atoms with Gasteiger partial charge in [-0.15, -0.1) is 0 Å². The summed E-state index contributed by atoms with van der Waals surface area (Å²) in [7, 11) is 0. The van der Waals surface area contributed by atoms with Crippen LogP contribution in [0.1, 0.15) is 63.0 Å². The van der Waals surface area contributed by atoms with Crippen LogP contribution >= 0.6 is 11.8 Å². The van der Waals surface area contributed by atoms with Crippen LogP contribution in [0.3, 0.4) is 0 Å². The maximum atomic E-state index is 12.6. The number of thioether (sulfide) groups is 1. The summed E-state index contributed by atoms with van der Waals surface area (Å²) in [6, 6.07) is 3.22. The fourth-order valence-electron chi connectivity index (χ4n) is 2.74. The number of hydrogen-bond acceptors (Lipinski definition) is 5. The van der Waals surface area contributed by atoms with Gasteiger partial charge in [-0.2, -0.15) is 11.8 Å². The van der Waals surface area contributed by atoms with E-state index in [-0.39, 0.29) is 29.2 Å². The summed E-state index contributed by atoms with van der Waals surface area (Å²) in [5.74, 6) is 1.14. The summed E-state index contributed by atoms with van der Waals surface area (Å²) in [5.41, 5.74) is 1.54. The molecular weight excluding hydrogens is 324 g/mol. The Morgan fingerprint density at radius 2 is 1.62 bits per heavy atom. The molecule has 136 valence electrons. The van der Waals surface area contributed by atoms with E-state index in [4.69, 9.17) is 9.84 Å². The van der Waals surface area contributed by atoms with Gasteiger partial charge in [0, 0.05) is 17.1 Å². The molecule has 1 aromatic rings. The first-order chi connectivity index (χ1) is 11.0. The van der Waals surface area contributed by atoms with E-state index >= 15 is 0 Å². The number of hydrogen-bond donors (Lipinski definition) is 2. The summed E-state index contributed by atoms with van der Waals surface area (Å²) < 4.78 is 5.39. The van der Waals surface area contributed by atoms with Crippen LogP contribution in [0.2, 0.25) is 0 Å². The van der Waals surface area contributed by atoms with Gasteiger partial charge in [0.15, 0.2) is 0 Å². The minimum atomic E-state index is -0.366. The first-order valence-corrected chi connectivity index (χ1v) is 9.38. The summed E-state index contributed by atoms with van der Waals surface area (Å²) in [6.07, 6.45) is 0. The molecule has 0 bridgehead atoms. The third-order valence-electron chi connectivity index (χ3n) is 3.60. The second-order valence-electron chi connectivity index (χ2n) is 7.85. The van der Waals surface area contributed by atoms with Crippen molar-refractivity contribution >= 4 is 17.7 Å². The molecule has 4 nitrogen and oxygen atoms in total. The summed E-state index contributed by atoms with van der Waals surface area (Å²) in [5, 5.41) is 19.1. The lowest BCUT2D eigenvalue weighted by Gasteiger charge is -2.32. The Balaban J connectivity index is 3.17. The number of carbonyl (C=O) groups is 1. The highest BCUT2D eigenvalue weighted by Gasteiger charge is 2.32. The molecule has 0 heterocycles. The zero-order chi connectivity index (χ0) is 18.5. The van der Waals surface area contributed by atoms with Crippen molar-refractivity contribution in [2.24, 2.45) is 0 Å². The topological polar surface area (TPSA) is 66.8 Å². The zero-order valence-corrected chi connectivity index (χ0v) is 16.4. The van der Waals surface area contributed by atoms with E-state index < -0.39 is 0 Å². The van der Waals surface area contributed by atoms with Gasteiger partial charge in [0.1, 0.15) is 12.4 Å². The SMILES string of the molecule is CC(C)(C)c1c(O)ccc(C(=O)OCCSCCO)c1C(C)(C)C. The molecule has 0 unspecified atom stereocenters. The van der Waals surface area contributed by atoms with Gasteiger partial charge in [0.05, 0.1) is 12.2 Å². The van der Waals surface area contributed by atoms with Crippen LogP contribution in [0.5, 0.6) is 5.75 Å². The van der Waals surface area contributed by atoms with Crippen LogP contribution in [-0.2, 0) is 15.6 Å². The van der Waals surface area contributed by atoms with E-state index in [1.165, 1.54) is 0 Å². The molecule has 1 aromatic carbocycles. The van der Waals surface area contributed by atoms with E-state index in [0.717, 1.165) is 11.1 Å². The molecule has 0 aliphatic rings. The Kier molecular flexibility index (Phi) is 7.17. The number of benzene rings is 1. The lowest BCUT2D eigenvalue weighted by atomic mass is 9.72. The highest BCUT2D eigenvalue weighted by molar-refractivity contribution is 7.99. The molecule has 0 aliphatic carbocycles. The van der Waals surface area contributed by atoms with Crippen LogP contribution in [0.25, 0.3) is 0 Å². The molecule has 0 aromatic heterocycles. The van der Waals surface area contributed by atoms with Crippen molar-refractivity contribution in [3.8, 4) is 5.75 Å². The van der Waals surface area contributed by atoms with Gasteiger partial charge in [-0.3, -0.25) is 0 Å². The normalized spacial score (nSPS) is 12.3. The molecule has 24 heavy (non-hydrogen) atoms. The van der Waals surface area contributed by atoms with Crippen molar-refractivity contribution in [2.75, 3.05) is 24.7 Å². The van der Waals surface area contributed by atoms with E-state index in [1.807, 2.05) is 41.5 Å². The number of ether oxygens (including phenoxy) is 1. The average molecular weight is 355 g/mol. The number of aliphatic hydroxyl groups excluding tert-OH is 1. The first kappa shape index (κ1) is 20.8. The molecule has 0 aliphatic heterocycles. The lowest BCUT2D eigenvalue weighted by molar-refractivity contribution is 0.0527. The van der Waals surface area contributed by atoms with Crippen molar-refractivity contribution in [3.63, 3.8) is 0 Å². The molecule has 2 N–H and O–H groups in total. The fourth-order valence-corrected chi connectivity index (χ4v) is 3.27. The maximum Gasteiger partial charge on any atom is 0.338 e. The molecule has 0 spiro atoms. The second kappa shape index (κ2) is 8.26. The molecule has 0 atom stereocenters. The Morgan fingerprint density at radius 1 is 1.04 bits per heavy atom. The number of aromatic hydroxyl groups is 1. The Hall–Kier alpha value is -1.20. The van der Waals surface area contributed by atoms with Crippen LogP contribution in [-0.4, -0.2) is 40.9 Å². The van der Waals surface area contributed by atoms with Gasteiger partial charge in [-0.1, -0.05) is 41.5 Å². The third kappa shape index (κ3) is 5.42. The highest BCUT2D eigenvalue weighted by atomic mass is 32.2. The van der Waals surface area contributed by atoms with E-state index in [1.54, 1.807) is 23.9 Å². The van der Waals surface area contributed by atoms with Gasteiger partial charge in [0.2, 0.25) is 0 Å². The number of carbonyl (C=O) groups excluding carboxylic acids is 1. The Morgan fingerprint density at radius 3 is 2.12 bits per heavy atom. The number of phenolic OH excluding ortho intramolecular Hbond substituents is 1. The Labute approximate surface area is 149 Å². The van der Waals surface area contributed by atoms with Crippen LogP contribution in [0.4, 0.5) is 0 Å². The van der Waals surface area contributed by atoms with Gasteiger partial charge >= 0.3 is 5.97 Å². The average Bonchev–Trinajstić information content (AvgIpc) is 2.44. The standard InChI is InChI=1S/C19H30O4S/c1-18(2,3)15-13(17(22)23-10-12-24-11-9-20)7-8-14(21)16(15)19(4,5)6/h7-8,20-21H,9-12H2,1-6H3. The van der Waals surface area contributed by atoms with Gasteiger partial charge in [0.25, 0.3) is 0 Å². The number of esters is 1. The smallest absolute Gasteiger partial charge is 0.338 e. The lowest BCUT2D eigenvalue weighted by Crippen LogP contribution is -2.26. The summed E-state index contributed by atoms with van der Waals surface area (Å²) >= 11 is 1.54. The molecule has 0 radical (unpaired) electrons. The van der Waals surface area contributed by atoms with Crippen LogP contribution in [0, 0.1) is 0 Å². The molecule has 0 amide bonds. The molecule has 1 rings (SSSR count). The quantitative estimate of drug-likeness (QED) is 0.600. The molecule has 0 fully saturated rings. The monoisotopic (exact) mass is 354 g/mol. The zero-order valence-electron chi connectivity index (χ0n) is 15.6.